The van der Waals surface area contributed by atoms with Crippen molar-refractivity contribution in [1.82, 2.24) is 15.5 Å². The smallest absolute Gasteiger partial charge is 0.323 e. The fourth-order valence-corrected chi connectivity index (χ4v) is 4.21. The number of imide groups is 1. The average molecular weight is 453 g/mol. The van der Waals surface area contributed by atoms with Crippen LogP contribution in [0.3, 0.4) is 0 Å². The minimum Gasteiger partial charge on any atom is -0.497 e. The summed E-state index contributed by atoms with van der Waals surface area (Å²) in [7, 11) is -1.85. The van der Waals surface area contributed by atoms with Crippen LogP contribution in [0.25, 0.3) is 0 Å². The number of carbonyl (C=O) groups excluding carboxylic acids is 3. The van der Waals surface area contributed by atoms with Crippen LogP contribution in [0.15, 0.2) is 47.4 Å². The van der Waals surface area contributed by atoms with Gasteiger partial charge in [-0.3, -0.25) is 14.9 Å². The third-order valence-electron chi connectivity index (χ3n) is 5.27. The average Bonchev–Trinajstić information content (AvgIpc) is 3.21. The molecule has 4 rings (SSSR count). The molecule has 2 aliphatic heterocycles. The van der Waals surface area contributed by atoms with Crippen LogP contribution in [0.1, 0.15) is 21.5 Å². The number of carbonyl (C=O) groups is 3. The molecule has 2 aromatic carbocycles. The third kappa shape index (κ3) is 3.90. The molecule has 2 aliphatic rings. The van der Waals surface area contributed by atoms with Crippen molar-refractivity contribution in [2.24, 2.45) is 0 Å². The first-order chi connectivity index (χ1) is 15.1. The van der Waals surface area contributed by atoms with E-state index in [0.29, 0.717) is 16.9 Å². The van der Waals surface area contributed by atoms with Crippen LogP contribution in [0.2, 0.25) is 0 Å². The van der Waals surface area contributed by atoms with Gasteiger partial charge in [0.25, 0.3) is 11.8 Å². The number of methoxy groups -OCH3 is 1. The van der Waals surface area contributed by atoms with Gasteiger partial charge in [-0.1, -0.05) is 17.9 Å². The maximum atomic E-state index is 12.9. The number of ether oxygens (including phenoxy) is 1. The molecule has 0 saturated carbocycles. The van der Waals surface area contributed by atoms with Crippen molar-refractivity contribution in [2.45, 2.75) is 17.0 Å². The minimum atomic E-state index is -3.35. The van der Waals surface area contributed by atoms with E-state index in [1.165, 1.54) is 36.3 Å². The number of hydrogen-bond acceptors (Lipinski definition) is 6. The van der Waals surface area contributed by atoms with Gasteiger partial charge in [-0.2, -0.15) is 0 Å². The molecular weight excluding hydrogens is 434 g/mol. The fraction of sp³-hybridized carbons (Fsp3) is 0.227. The van der Waals surface area contributed by atoms with E-state index in [0.717, 1.165) is 11.8 Å². The summed E-state index contributed by atoms with van der Waals surface area (Å²) in [5, 5.41) is 4.70. The molecule has 164 valence electrons. The second-order valence-corrected chi connectivity index (χ2v) is 9.56. The van der Waals surface area contributed by atoms with Crippen molar-refractivity contribution >= 4 is 27.7 Å². The van der Waals surface area contributed by atoms with Crippen molar-refractivity contribution in [3.05, 3.63) is 59.2 Å². The SMILES string of the molecule is COc1ccc2c(c1)C(=O)N(C[C@@]1(C#Cc3ccc(S(C)(=O)=O)cc3)NC(=O)NC1=O)C2. The summed E-state index contributed by atoms with van der Waals surface area (Å²) in [5.74, 6) is 5.17. The lowest BCUT2D eigenvalue weighted by Crippen LogP contribution is -2.54. The van der Waals surface area contributed by atoms with Crippen LogP contribution in [0.4, 0.5) is 4.79 Å². The number of nitrogens with zero attached hydrogens (tertiary/aromatic N) is 1. The first-order valence-corrected chi connectivity index (χ1v) is 11.4. The molecule has 10 heteroatoms. The molecule has 2 N–H and O–H groups in total. The maximum absolute atomic E-state index is 12.9. The largest absolute Gasteiger partial charge is 0.497 e. The van der Waals surface area contributed by atoms with Crippen LogP contribution >= 0.6 is 0 Å². The Bertz CT molecular complexity index is 1310. The molecule has 0 aromatic heterocycles. The van der Waals surface area contributed by atoms with Gasteiger partial charge in [-0.05, 0) is 42.0 Å². The molecular formula is C22H19N3O6S. The Morgan fingerprint density at radius 3 is 2.44 bits per heavy atom. The number of benzene rings is 2. The molecule has 1 atom stereocenters. The molecule has 1 saturated heterocycles. The van der Waals surface area contributed by atoms with Crippen LogP contribution in [0, 0.1) is 11.8 Å². The quantitative estimate of drug-likeness (QED) is 0.519. The van der Waals surface area contributed by atoms with Gasteiger partial charge < -0.3 is 15.0 Å². The zero-order chi connectivity index (χ0) is 23.1. The molecule has 0 spiro atoms. The van der Waals surface area contributed by atoms with Gasteiger partial charge in [0.2, 0.25) is 5.54 Å². The number of nitrogens with one attached hydrogen (secondary N) is 2. The number of sulfone groups is 1. The van der Waals surface area contributed by atoms with Crippen molar-refractivity contribution < 1.29 is 27.5 Å². The Morgan fingerprint density at radius 2 is 1.84 bits per heavy atom. The van der Waals surface area contributed by atoms with Gasteiger partial charge in [0, 0.05) is 23.9 Å². The molecule has 0 unspecified atom stereocenters. The summed E-state index contributed by atoms with van der Waals surface area (Å²) >= 11 is 0. The zero-order valence-electron chi connectivity index (χ0n) is 17.3. The van der Waals surface area contributed by atoms with E-state index in [1.807, 2.05) is 0 Å². The van der Waals surface area contributed by atoms with Gasteiger partial charge in [-0.25, -0.2) is 13.2 Å². The highest BCUT2D eigenvalue weighted by Crippen LogP contribution is 2.28. The van der Waals surface area contributed by atoms with Crippen LogP contribution < -0.4 is 15.4 Å². The topological polar surface area (TPSA) is 122 Å². The van der Waals surface area contributed by atoms with Gasteiger partial charge in [0.05, 0.1) is 18.6 Å². The number of amides is 4. The van der Waals surface area contributed by atoms with E-state index in [1.54, 1.807) is 18.2 Å². The van der Waals surface area contributed by atoms with Crippen LogP contribution in [-0.4, -0.2) is 56.6 Å². The summed E-state index contributed by atoms with van der Waals surface area (Å²) in [6.45, 7) is 0.0998. The van der Waals surface area contributed by atoms with Crippen LogP contribution in [-0.2, 0) is 21.2 Å². The lowest BCUT2D eigenvalue weighted by molar-refractivity contribution is -0.122. The lowest BCUT2D eigenvalue weighted by Gasteiger charge is -2.26. The van der Waals surface area contributed by atoms with E-state index >= 15 is 0 Å². The van der Waals surface area contributed by atoms with E-state index in [9.17, 15) is 22.8 Å². The van der Waals surface area contributed by atoms with Gasteiger partial charge >= 0.3 is 6.03 Å². The number of rotatable bonds is 4. The number of fused-ring (bicyclic) bond motifs is 1. The highest BCUT2D eigenvalue weighted by molar-refractivity contribution is 7.90. The highest BCUT2D eigenvalue weighted by Gasteiger charge is 2.48. The highest BCUT2D eigenvalue weighted by atomic mass is 32.2. The van der Waals surface area contributed by atoms with E-state index in [4.69, 9.17) is 4.74 Å². The van der Waals surface area contributed by atoms with Crippen molar-refractivity contribution in [3.8, 4) is 17.6 Å². The predicted octanol–water partition coefficient (Wildman–Crippen LogP) is 0.684. The third-order valence-corrected chi connectivity index (χ3v) is 6.40. The first-order valence-electron chi connectivity index (χ1n) is 9.54. The Balaban J connectivity index is 1.63. The summed E-state index contributed by atoms with van der Waals surface area (Å²) < 4.78 is 28.4. The zero-order valence-corrected chi connectivity index (χ0v) is 18.1. The predicted molar refractivity (Wildman–Crippen MR) is 114 cm³/mol. The summed E-state index contributed by atoms with van der Waals surface area (Å²) in [5.41, 5.74) is 0.0500. The molecule has 2 aromatic rings. The minimum absolute atomic E-state index is 0.139. The second kappa shape index (κ2) is 7.69. The van der Waals surface area contributed by atoms with Crippen LogP contribution in [0.5, 0.6) is 5.75 Å². The number of hydrogen-bond donors (Lipinski definition) is 2. The standard InChI is InChI=1S/C22H19N3O6S/c1-31-16-6-5-15-12-25(19(26)18(15)11-16)13-22(20(27)23-21(28)24-22)10-9-14-3-7-17(8-4-14)32(2,29)30/h3-8,11H,12-13H2,1-2H3,(H2,23,24,27,28)/t22-/m1/s1. The Morgan fingerprint density at radius 1 is 1.12 bits per heavy atom. The van der Waals surface area contributed by atoms with Gasteiger partial charge in [0.1, 0.15) is 5.75 Å². The molecule has 32 heavy (non-hydrogen) atoms. The Labute approximate surface area is 184 Å². The van der Waals surface area contributed by atoms with Gasteiger partial charge in [-0.15, -0.1) is 0 Å². The van der Waals surface area contributed by atoms with E-state index in [2.05, 4.69) is 22.5 Å². The van der Waals surface area contributed by atoms with Crippen molar-refractivity contribution in [1.29, 1.82) is 0 Å². The van der Waals surface area contributed by atoms with Crippen molar-refractivity contribution in [3.63, 3.8) is 0 Å². The lowest BCUT2D eigenvalue weighted by atomic mass is 9.99. The first kappa shape index (κ1) is 21.4. The molecule has 2 heterocycles. The Kier molecular flexibility index (Phi) is 5.14. The molecule has 0 radical (unpaired) electrons. The molecule has 1 fully saturated rings. The summed E-state index contributed by atoms with van der Waals surface area (Å²) in [4.78, 5) is 39.0. The summed E-state index contributed by atoms with van der Waals surface area (Å²) in [6.07, 6.45) is 1.10. The monoisotopic (exact) mass is 453 g/mol. The Hall–Kier alpha value is -3.84. The molecule has 0 aliphatic carbocycles. The van der Waals surface area contributed by atoms with Crippen molar-refractivity contribution in [2.75, 3.05) is 19.9 Å². The van der Waals surface area contributed by atoms with E-state index < -0.39 is 27.3 Å². The molecule has 0 bridgehead atoms. The normalized spacial score (nSPS) is 19.7. The van der Waals surface area contributed by atoms with Gasteiger partial charge in [0.15, 0.2) is 9.84 Å². The second-order valence-electron chi connectivity index (χ2n) is 7.54. The fourth-order valence-electron chi connectivity index (χ4n) is 3.58. The summed E-state index contributed by atoms with van der Waals surface area (Å²) in [6, 6.07) is 10.3. The molecule has 4 amide bonds. The van der Waals surface area contributed by atoms with E-state index in [-0.39, 0.29) is 23.9 Å². The molecule has 9 nitrogen and oxygen atoms in total. The number of urea groups is 1. The maximum Gasteiger partial charge on any atom is 0.323 e.